The second-order valence-electron chi connectivity index (χ2n) is 7.86. The zero-order chi connectivity index (χ0) is 19.5. The third kappa shape index (κ3) is 2.29. The summed E-state index contributed by atoms with van der Waals surface area (Å²) in [5, 5.41) is 3.50. The van der Waals surface area contributed by atoms with Crippen LogP contribution in [0.15, 0.2) is 58.3 Å². The summed E-state index contributed by atoms with van der Waals surface area (Å²) in [6.45, 7) is 3.24. The second-order valence-corrected chi connectivity index (χ2v) is 7.86. The Kier molecular flexibility index (Phi) is 3.52. The molecule has 6 heteroatoms. The topological polar surface area (TPSA) is 59.6 Å². The van der Waals surface area contributed by atoms with Gasteiger partial charge in [0, 0.05) is 35.4 Å². The van der Waals surface area contributed by atoms with Crippen LogP contribution in [0.2, 0.25) is 0 Å². The van der Waals surface area contributed by atoms with Crippen molar-refractivity contribution >= 4 is 38.1 Å². The smallest absolute Gasteiger partial charge is 0.302 e. The minimum Gasteiger partial charge on any atom is -0.302 e. The van der Waals surface area contributed by atoms with E-state index < -0.39 is 0 Å². The van der Waals surface area contributed by atoms with Crippen LogP contribution in [0.1, 0.15) is 12.8 Å². The highest BCUT2D eigenvalue weighted by molar-refractivity contribution is 6.22. The Bertz CT molecular complexity index is 1510. The van der Waals surface area contributed by atoms with Gasteiger partial charge in [-0.3, -0.25) is 18.7 Å². The second kappa shape index (κ2) is 6.12. The molecular formula is C23H20N4O2. The van der Waals surface area contributed by atoms with Crippen LogP contribution in [-0.2, 0) is 6.54 Å². The van der Waals surface area contributed by atoms with Gasteiger partial charge < -0.3 is 4.90 Å². The monoisotopic (exact) mass is 384 g/mol. The molecule has 6 nitrogen and oxygen atoms in total. The Morgan fingerprint density at radius 1 is 0.862 bits per heavy atom. The van der Waals surface area contributed by atoms with Crippen molar-refractivity contribution in [1.82, 2.24) is 18.9 Å². The number of benzene rings is 2. The van der Waals surface area contributed by atoms with E-state index in [2.05, 4.69) is 9.88 Å². The Balaban J connectivity index is 1.71. The van der Waals surface area contributed by atoms with E-state index in [-0.39, 0.29) is 11.2 Å². The summed E-state index contributed by atoms with van der Waals surface area (Å²) in [6, 6.07) is 13.5. The average molecular weight is 384 g/mol. The summed E-state index contributed by atoms with van der Waals surface area (Å²) in [6.07, 6.45) is 4.15. The lowest BCUT2D eigenvalue weighted by Crippen LogP contribution is -2.40. The molecular weight excluding hydrogens is 364 g/mol. The maximum absolute atomic E-state index is 13.5. The van der Waals surface area contributed by atoms with E-state index in [0.717, 1.165) is 46.8 Å². The van der Waals surface area contributed by atoms with E-state index in [0.29, 0.717) is 17.4 Å². The maximum atomic E-state index is 13.5. The van der Waals surface area contributed by atoms with E-state index >= 15 is 0 Å². The molecule has 144 valence electrons. The number of pyridine rings is 1. The van der Waals surface area contributed by atoms with Crippen molar-refractivity contribution in [3.63, 3.8) is 0 Å². The zero-order valence-electron chi connectivity index (χ0n) is 16.0. The minimum absolute atomic E-state index is 0.197. The predicted octanol–water partition coefficient (Wildman–Crippen LogP) is 2.85. The SMILES string of the molecule is O=c1c2cccc3c4c5cccnc5ccc4n(c(=O)n1CCN1CCCC1)c23. The highest BCUT2D eigenvalue weighted by atomic mass is 16.2. The van der Waals surface area contributed by atoms with Crippen molar-refractivity contribution in [3.05, 3.63) is 69.5 Å². The van der Waals surface area contributed by atoms with E-state index in [1.807, 2.05) is 42.5 Å². The first-order valence-electron chi connectivity index (χ1n) is 10.1. The summed E-state index contributed by atoms with van der Waals surface area (Å²) in [5.41, 5.74) is 1.98. The Hall–Kier alpha value is -3.25. The molecule has 0 bridgehead atoms. The molecule has 0 atom stereocenters. The highest BCUT2D eigenvalue weighted by Gasteiger charge is 2.20. The number of aromatic nitrogens is 3. The molecule has 0 unspecified atom stereocenters. The molecule has 6 rings (SSSR count). The van der Waals surface area contributed by atoms with Gasteiger partial charge in [-0.2, -0.15) is 0 Å². The third-order valence-corrected chi connectivity index (χ3v) is 6.27. The molecule has 1 aliphatic rings. The number of likely N-dealkylation sites (tertiary alicyclic amines) is 1. The summed E-state index contributed by atoms with van der Waals surface area (Å²) in [5.74, 6) is 0. The van der Waals surface area contributed by atoms with Crippen LogP contribution in [-0.4, -0.2) is 38.5 Å². The molecule has 2 aromatic carbocycles. The van der Waals surface area contributed by atoms with Gasteiger partial charge in [0.1, 0.15) is 0 Å². The average Bonchev–Trinajstić information content (AvgIpc) is 3.38. The Morgan fingerprint density at radius 2 is 1.66 bits per heavy atom. The number of hydrogen-bond donors (Lipinski definition) is 0. The van der Waals surface area contributed by atoms with Crippen LogP contribution >= 0.6 is 0 Å². The minimum atomic E-state index is -0.254. The van der Waals surface area contributed by atoms with E-state index in [4.69, 9.17) is 0 Å². The molecule has 1 aliphatic heterocycles. The van der Waals surface area contributed by atoms with Crippen LogP contribution in [0, 0.1) is 0 Å². The number of rotatable bonds is 3. The third-order valence-electron chi connectivity index (χ3n) is 6.27. The fourth-order valence-corrected chi connectivity index (χ4v) is 4.89. The van der Waals surface area contributed by atoms with Gasteiger partial charge in [-0.05, 0) is 50.2 Å². The van der Waals surface area contributed by atoms with Gasteiger partial charge >= 0.3 is 5.69 Å². The fraction of sp³-hybridized carbons (Fsp3) is 0.261. The van der Waals surface area contributed by atoms with Crippen molar-refractivity contribution in [2.24, 2.45) is 0 Å². The van der Waals surface area contributed by atoms with E-state index in [1.54, 1.807) is 10.6 Å². The molecule has 0 spiro atoms. The molecule has 0 saturated carbocycles. The molecule has 0 amide bonds. The Labute approximate surface area is 166 Å². The number of para-hydroxylation sites is 1. The first-order valence-corrected chi connectivity index (χ1v) is 10.1. The summed E-state index contributed by atoms with van der Waals surface area (Å²) in [4.78, 5) is 33.5. The molecule has 5 aromatic rings. The van der Waals surface area contributed by atoms with Gasteiger partial charge in [-0.1, -0.05) is 18.2 Å². The van der Waals surface area contributed by atoms with E-state index in [1.165, 1.54) is 17.4 Å². The summed E-state index contributed by atoms with van der Waals surface area (Å²) >= 11 is 0. The lowest BCUT2D eigenvalue weighted by Gasteiger charge is -2.15. The van der Waals surface area contributed by atoms with Crippen molar-refractivity contribution in [1.29, 1.82) is 0 Å². The zero-order valence-corrected chi connectivity index (χ0v) is 16.0. The molecule has 4 heterocycles. The highest BCUT2D eigenvalue weighted by Crippen LogP contribution is 2.34. The number of hydrogen-bond acceptors (Lipinski definition) is 4. The van der Waals surface area contributed by atoms with Crippen LogP contribution in [0.4, 0.5) is 0 Å². The predicted molar refractivity (Wildman–Crippen MR) is 115 cm³/mol. The van der Waals surface area contributed by atoms with Crippen molar-refractivity contribution < 1.29 is 0 Å². The first kappa shape index (κ1) is 16.7. The summed E-state index contributed by atoms with van der Waals surface area (Å²) in [7, 11) is 0. The molecule has 0 radical (unpaired) electrons. The van der Waals surface area contributed by atoms with Crippen LogP contribution < -0.4 is 11.2 Å². The van der Waals surface area contributed by atoms with Gasteiger partial charge in [0.2, 0.25) is 0 Å². The fourth-order valence-electron chi connectivity index (χ4n) is 4.89. The normalized spacial score (nSPS) is 15.4. The van der Waals surface area contributed by atoms with Gasteiger partial charge in [0.15, 0.2) is 0 Å². The Morgan fingerprint density at radius 3 is 2.52 bits per heavy atom. The summed E-state index contributed by atoms with van der Waals surface area (Å²) < 4.78 is 3.13. The van der Waals surface area contributed by atoms with Crippen LogP contribution in [0.25, 0.3) is 38.1 Å². The van der Waals surface area contributed by atoms with Crippen molar-refractivity contribution in [2.45, 2.75) is 19.4 Å². The lowest BCUT2D eigenvalue weighted by atomic mass is 10.1. The molecule has 29 heavy (non-hydrogen) atoms. The van der Waals surface area contributed by atoms with Gasteiger partial charge in [-0.15, -0.1) is 0 Å². The number of fused-ring (bicyclic) bond motifs is 5. The quantitative estimate of drug-likeness (QED) is 0.480. The van der Waals surface area contributed by atoms with Gasteiger partial charge in [0.05, 0.1) is 21.9 Å². The molecule has 0 aliphatic carbocycles. The van der Waals surface area contributed by atoms with Crippen LogP contribution in [0.3, 0.4) is 0 Å². The van der Waals surface area contributed by atoms with Gasteiger partial charge in [0.25, 0.3) is 5.56 Å². The molecule has 1 fully saturated rings. The molecule has 3 aromatic heterocycles. The first-order chi connectivity index (χ1) is 14.2. The standard InChI is InChI=1S/C23H20N4O2/c28-22-17-6-3-5-16-20-15-7-4-10-24-18(15)8-9-19(20)27(21(16)17)23(29)26(22)14-13-25-11-1-2-12-25/h3-10H,1-2,11-14H2. The lowest BCUT2D eigenvalue weighted by molar-refractivity contribution is 0.318. The number of nitrogens with zero attached hydrogens (tertiary/aromatic N) is 4. The van der Waals surface area contributed by atoms with Gasteiger partial charge in [-0.25, -0.2) is 4.79 Å². The van der Waals surface area contributed by atoms with Crippen molar-refractivity contribution in [2.75, 3.05) is 19.6 Å². The molecule has 0 N–H and O–H groups in total. The van der Waals surface area contributed by atoms with E-state index in [9.17, 15) is 9.59 Å². The molecule has 1 saturated heterocycles. The van der Waals surface area contributed by atoms with Crippen LogP contribution in [0.5, 0.6) is 0 Å². The maximum Gasteiger partial charge on any atom is 0.336 e. The largest absolute Gasteiger partial charge is 0.336 e. The van der Waals surface area contributed by atoms with Crippen molar-refractivity contribution in [3.8, 4) is 0 Å².